The Morgan fingerprint density at radius 1 is 1.86 bits per heavy atom. The number of nitrogens with two attached hydrogens (primary N) is 1. The lowest BCUT2D eigenvalue weighted by Gasteiger charge is -1.92. The van der Waals surface area contributed by atoms with Crippen LogP contribution in [0.5, 0.6) is 0 Å². The molecule has 0 aliphatic heterocycles. The Labute approximate surface area is 47.3 Å². The second kappa shape index (κ2) is 5.61. The maximum absolute atomic E-state index is 7.96. The molecular weight excluding hydrogens is 114 g/mol. The van der Waals surface area contributed by atoms with Gasteiger partial charge in [-0.3, -0.25) is 0 Å². The lowest BCUT2D eigenvalue weighted by Crippen LogP contribution is -2.29. The lowest BCUT2D eigenvalue weighted by atomic mass is 11.0. The minimum absolute atomic E-state index is 0. The number of thiocarbonyl (C=S) groups is 1. The van der Waals surface area contributed by atoms with Crippen LogP contribution in [-0.4, -0.2) is 16.9 Å². The van der Waals surface area contributed by atoms with Gasteiger partial charge in [0.2, 0.25) is 0 Å². The fourth-order valence-electron chi connectivity index (χ4n) is 0.0779. The summed E-state index contributed by atoms with van der Waals surface area (Å²) in [5.41, 5.74) is 4.86. The van der Waals surface area contributed by atoms with Gasteiger partial charge in [-0.25, -0.2) is 0 Å². The SMILES string of the molecule is N.NC(=S)NCO. The standard InChI is InChI=1S/C2H6N2OS.H3N/c3-2(6)4-1-5;/h5H,1H2,(H3,3,4,6);1H3. The molecule has 4 nitrogen and oxygen atoms in total. The molecular formula is C2H9N3OS. The first-order valence-electron chi connectivity index (χ1n) is 1.41. The molecule has 0 aromatic rings. The number of aliphatic hydroxyl groups is 1. The molecule has 0 aromatic carbocycles. The van der Waals surface area contributed by atoms with Crippen molar-refractivity contribution in [2.45, 2.75) is 0 Å². The smallest absolute Gasteiger partial charge is 0.165 e. The summed E-state index contributed by atoms with van der Waals surface area (Å²) in [6.07, 6.45) is 0. The average Bonchev–Trinajstić information content (AvgIpc) is 1.35. The molecule has 0 rings (SSSR count). The van der Waals surface area contributed by atoms with Crippen molar-refractivity contribution in [2.75, 3.05) is 6.73 Å². The first kappa shape index (κ1) is 9.79. The van der Waals surface area contributed by atoms with E-state index < -0.39 is 0 Å². The van der Waals surface area contributed by atoms with Gasteiger partial charge < -0.3 is 22.3 Å². The molecule has 0 unspecified atom stereocenters. The topological polar surface area (TPSA) is 93.3 Å². The normalized spacial score (nSPS) is 6.43. The van der Waals surface area contributed by atoms with Crippen LogP contribution >= 0.6 is 12.2 Å². The van der Waals surface area contributed by atoms with Crippen LogP contribution in [0.2, 0.25) is 0 Å². The van der Waals surface area contributed by atoms with E-state index in [0.717, 1.165) is 0 Å². The number of aliphatic hydroxyl groups excluding tert-OH is 1. The van der Waals surface area contributed by atoms with Crippen molar-refractivity contribution >= 4 is 17.3 Å². The van der Waals surface area contributed by atoms with E-state index in [-0.39, 0.29) is 18.0 Å². The summed E-state index contributed by atoms with van der Waals surface area (Å²) >= 11 is 4.30. The quantitative estimate of drug-likeness (QED) is 0.263. The average molecular weight is 123 g/mol. The molecule has 0 aliphatic carbocycles. The molecule has 0 saturated carbocycles. The van der Waals surface area contributed by atoms with E-state index >= 15 is 0 Å². The first-order chi connectivity index (χ1) is 2.77. The molecule has 0 aromatic heterocycles. The highest BCUT2D eigenvalue weighted by Gasteiger charge is 1.74. The van der Waals surface area contributed by atoms with E-state index in [1.807, 2.05) is 0 Å². The van der Waals surface area contributed by atoms with E-state index in [1.54, 1.807) is 0 Å². The van der Waals surface area contributed by atoms with Crippen molar-refractivity contribution in [3.63, 3.8) is 0 Å². The third kappa shape index (κ3) is 10.7. The van der Waals surface area contributed by atoms with Crippen LogP contribution in [0.15, 0.2) is 0 Å². The highest BCUT2D eigenvalue weighted by molar-refractivity contribution is 7.80. The Bertz CT molecular complexity index is 56.9. The molecule has 0 heterocycles. The van der Waals surface area contributed by atoms with Gasteiger partial charge in [-0.05, 0) is 12.2 Å². The van der Waals surface area contributed by atoms with Crippen LogP contribution in [-0.2, 0) is 0 Å². The number of hydrogen-bond acceptors (Lipinski definition) is 3. The predicted octanol–water partition coefficient (Wildman–Crippen LogP) is -1.07. The van der Waals surface area contributed by atoms with E-state index in [1.165, 1.54) is 0 Å². The Morgan fingerprint density at radius 2 is 2.29 bits per heavy atom. The van der Waals surface area contributed by atoms with Crippen molar-refractivity contribution in [1.29, 1.82) is 0 Å². The monoisotopic (exact) mass is 123 g/mol. The van der Waals surface area contributed by atoms with Crippen LogP contribution in [0.1, 0.15) is 0 Å². The molecule has 0 fully saturated rings. The molecule has 7 heavy (non-hydrogen) atoms. The van der Waals surface area contributed by atoms with Crippen molar-refractivity contribution < 1.29 is 5.11 Å². The zero-order valence-electron chi connectivity index (χ0n) is 3.85. The molecule has 0 amide bonds. The molecule has 0 radical (unpaired) electrons. The van der Waals surface area contributed by atoms with Crippen molar-refractivity contribution in [3.05, 3.63) is 0 Å². The Kier molecular flexibility index (Phi) is 7.84. The summed E-state index contributed by atoms with van der Waals surface area (Å²) in [6.45, 7) is -0.185. The van der Waals surface area contributed by atoms with Gasteiger partial charge in [0.05, 0.1) is 0 Å². The Hall–Kier alpha value is -0.390. The number of hydrogen-bond donors (Lipinski definition) is 4. The van der Waals surface area contributed by atoms with E-state index in [0.29, 0.717) is 0 Å². The molecule has 0 saturated heterocycles. The maximum Gasteiger partial charge on any atom is 0.165 e. The lowest BCUT2D eigenvalue weighted by molar-refractivity contribution is 0.286. The van der Waals surface area contributed by atoms with E-state index in [2.05, 4.69) is 17.5 Å². The molecule has 7 N–H and O–H groups in total. The number of nitrogens with one attached hydrogen (secondary N) is 1. The van der Waals surface area contributed by atoms with Crippen molar-refractivity contribution in [1.82, 2.24) is 11.5 Å². The minimum Gasteiger partial charge on any atom is -0.377 e. The van der Waals surface area contributed by atoms with Crippen LogP contribution in [0.25, 0.3) is 0 Å². The summed E-state index contributed by atoms with van der Waals surface area (Å²) in [7, 11) is 0. The van der Waals surface area contributed by atoms with Crippen molar-refractivity contribution in [3.8, 4) is 0 Å². The second-order valence-corrected chi connectivity index (χ2v) is 1.14. The molecule has 0 bridgehead atoms. The Morgan fingerprint density at radius 3 is 2.29 bits per heavy atom. The summed E-state index contributed by atoms with van der Waals surface area (Å²) in [4.78, 5) is 0. The van der Waals surface area contributed by atoms with Gasteiger partial charge in [-0.15, -0.1) is 0 Å². The van der Waals surface area contributed by atoms with Gasteiger partial charge in [0.25, 0.3) is 0 Å². The molecule has 0 aliphatic rings. The molecule has 0 spiro atoms. The van der Waals surface area contributed by atoms with E-state index in [9.17, 15) is 0 Å². The largest absolute Gasteiger partial charge is 0.377 e. The fraction of sp³-hybridized carbons (Fsp3) is 0.500. The second-order valence-electron chi connectivity index (χ2n) is 0.699. The predicted molar refractivity (Wildman–Crippen MR) is 32.0 cm³/mol. The van der Waals surface area contributed by atoms with Gasteiger partial charge in [0.1, 0.15) is 6.73 Å². The van der Waals surface area contributed by atoms with Gasteiger partial charge in [-0.1, -0.05) is 0 Å². The highest BCUT2D eigenvalue weighted by Crippen LogP contribution is 1.49. The summed E-state index contributed by atoms with van der Waals surface area (Å²) in [6, 6.07) is 0. The molecule has 44 valence electrons. The van der Waals surface area contributed by atoms with Crippen LogP contribution in [0.3, 0.4) is 0 Å². The van der Waals surface area contributed by atoms with Crippen LogP contribution in [0, 0.1) is 0 Å². The zero-order chi connectivity index (χ0) is 4.99. The number of rotatable bonds is 1. The maximum atomic E-state index is 7.96. The van der Waals surface area contributed by atoms with Crippen molar-refractivity contribution in [2.24, 2.45) is 5.73 Å². The fourth-order valence-corrected chi connectivity index (χ4v) is 0.142. The van der Waals surface area contributed by atoms with Gasteiger partial charge in [0, 0.05) is 0 Å². The van der Waals surface area contributed by atoms with Gasteiger partial charge >= 0.3 is 0 Å². The molecule has 0 atom stereocenters. The highest BCUT2D eigenvalue weighted by atomic mass is 32.1. The van der Waals surface area contributed by atoms with E-state index in [4.69, 9.17) is 10.8 Å². The van der Waals surface area contributed by atoms with Gasteiger partial charge in [0.15, 0.2) is 5.11 Å². The van der Waals surface area contributed by atoms with Crippen LogP contribution in [0.4, 0.5) is 0 Å². The third-order valence-corrected chi connectivity index (χ3v) is 0.398. The van der Waals surface area contributed by atoms with Gasteiger partial charge in [-0.2, -0.15) is 0 Å². The first-order valence-corrected chi connectivity index (χ1v) is 1.82. The zero-order valence-corrected chi connectivity index (χ0v) is 4.66. The van der Waals surface area contributed by atoms with Crippen LogP contribution < -0.4 is 17.2 Å². The molecule has 5 heteroatoms. The summed E-state index contributed by atoms with van der Waals surface area (Å²) in [5, 5.41) is 10.4. The summed E-state index contributed by atoms with van der Waals surface area (Å²) in [5.74, 6) is 0. The minimum atomic E-state index is -0.185. The summed E-state index contributed by atoms with van der Waals surface area (Å²) < 4.78 is 0. The third-order valence-electron chi connectivity index (χ3n) is 0.253. The Balaban J connectivity index is 0.